The summed E-state index contributed by atoms with van der Waals surface area (Å²) in [5.74, 6) is -0.691. The molecule has 1 heterocycles. The van der Waals surface area contributed by atoms with Crippen molar-refractivity contribution in [2.75, 3.05) is 7.11 Å². The van der Waals surface area contributed by atoms with Crippen molar-refractivity contribution >= 4 is 11.1 Å². The number of rotatable bonds is 2. The van der Waals surface area contributed by atoms with E-state index in [1.165, 1.54) is 7.11 Å². The molecule has 5 heteroatoms. The van der Waals surface area contributed by atoms with Gasteiger partial charge in [-0.15, -0.1) is 0 Å². The molecule has 0 atom stereocenters. The minimum atomic E-state index is -0.749. The Morgan fingerprint density at radius 3 is 2.70 bits per heavy atom. The Morgan fingerprint density at radius 1 is 1.15 bits per heavy atom. The number of ether oxygens (including phenoxy) is 1. The average Bonchev–Trinajstić information content (AvgIpc) is 2.82. The molecule has 0 aliphatic rings. The Morgan fingerprint density at radius 2 is 1.95 bits per heavy atom. The van der Waals surface area contributed by atoms with E-state index >= 15 is 0 Å². The Labute approximate surface area is 113 Å². The molecule has 102 valence electrons. The van der Waals surface area contributed by atoms with Crippen LogP contribution in [0.25, 0.3) is 22.6 Å². The minimum absolute atomic E-state index is 0.00459. The van der Waals surface area contributed by atoms with Gasteiger partial charge in [-0.2, -0.15) is 0 Å². The molecule has 0 unspecified atom stereocenters. The van der Waals surface area contributed by atoms with Crippen LogP contribution in [0.4, 0.5) is 8.78 Å². The maximum absolute atomic E-state index is 13.6. The van der Waals surface area contributed by atoms with E-state index in [0.717, 1.165) is 17.7 Å². The van der Waals surface area contributed by atoms with Crippen LogP contribution in [0.5, 0.6) is 5.75 Å². The molecule has 3 nitrogen and oxygen atoms in total. The van der Waals surface area contributed by atoms with Gasteiger partial charge in [0.15, 0.2) is 11.4 Å². The highest BCUT2D eigenvalue weighted by Gasteiger charge is 2.16. The first-order valence-electron chi connectivity index (χ1n) is 5.99. The molecule has 0 spiro atoms. The van der Waals surface area contributed by atoms with Crippen LogP contribution in [0.2, 0.25) is 0 Å². The van der Waals surface area contributed by atoms with Gasteiger partial charge in [-0.3, -0.25) is 0 Å². The maximum atomic E-state index is 13.6. The molecule has 3 aromatic rings. The third-order valence-corrected chi connectivity index (χ3v) is 3.00. The molecule has 3 rings (SSSR count). The van der Waals surface area contributed by atoms with Crippen LogP contribution in [0.15, 0.2) is 34.7 Å². The summed E-state index contributed by atoms with van der Waals surface area (Å²) >= 11 is 0. The van der Waals surface area contributed by atoms with Crippen molar-refractivity contribution in [3.8, 4) is 17.2 Å². The Hall–Kier alpha value is -2.43. The lowest BCUT2D eigenvalue weighted by Crippen LogP contribution is -1.89. The van der Waals surface area contributed by atoms with Crippen molar-refractivity contribution in [3.05, 3.63) is 47.5 Å². The van der Waals surface area contributed by atoms with E-state index in [0.29, 0.717) is 11.3 Å². The number of halogens is 2. The zero-order valence-electron chi connectivity index (χ0n) is 10.9. The van der Waals surface area contributed by atoms with Crippen LogP contribution in [-0.2, 0) is 0 Å². The van der Waals surface area contributed by atoms with Crippen LogP contribution >= 0.6 is 0 Å². The fourth-order valence-electron chi connectivity index (χ4n) is 2.06. The molecule has 0 aliphatic heterocycles. The van der Waals surface area contributed by atoms with Crippen LogP contribution in [-0.4, -0.2) is 12.1 Å². The summed E-state index contributed by atoms with van der Waals surface area (Å²) in [6.07, 6.45) is 0. The molecule has 0 saturated carbocycles. The van der Waals surface area contributed by atoms with Crippen molar-refractivity contribution in [2.45, 2.75) is 6.92 Å². The van der Waals surface area contributed by atoms with E-state index in [1.807, 2.05) is 19.1 Å². The molecule has 0 radical (unpaired) electrons. The number of nitrogens with zero attached hydrogens (tertiary/aromatic N) is 1. The van der Waals surface area contributed by atoms with Gasteiger partial charge < -0.3 is 9.15 Å². The third-order valence-electron chi connectivity index (χ3n) is 3.00. The normalized spacial score (nSPS) is 11.0. The van der Waals surface area contributed by atoms with Crippen LogP contribution in [0.3, 0.4) is 0 Å². The first kappa shape index (κ1) is 12.6. The molecule has 0 saturated heterocycles. The fraction of sp³-hybridized carbons (Fsp3) is 0.133. The Kier molecular flexibility index (Phi) is 2.89. The van der Waals surface area contributed by atoms with Crippen molar-refractivity contribution in [1.29, 1.82) is 0 Å². The second-order valence-electron chi connectivity index (χ2n) is 4.46. The van der Waals surface area contributed by atoms with Crippen molar-refractivity contribution in [3.63, 3.8) is 0 Å². The molecule has 0 fully saturated rings. The second kappa shape index (κ2) is 4.59. The van der Waals surface area contributed by atoms with E-state index < -0.39 is 11.6 Å². The number of fused-ring (bicyclic) bond motifs is 1. The van der Waals surface area contributed by atoms with E-state index in [2.05, 4.69) is 4.98 Å². The van der Waals surface area contributed by atoms with E-state index in [1.54, 1.807) is 6.07 Å². The molecular formula is C15H11F2NO2. The van der Waals surface area contributed by atoms with Crippen molar-refractivity contribution in [2.24, 2.45) is 0 Å². The molecule has 0 aliphatic carbocycles. The zero-order chi connectivity index (χ0) is 14.3. The smallest absolute Gasteiger partial charge is 0.231 e. The summed E-state index contributed by atoms with van der Waals surface area (Å²) in [5, 5.41) is 0. The molecule has 20 heavy (non-hydrogen) atoms. The summed E-state index contributed by atoms with van der Waals surface area (Å²) in [5.41, 5.74) is 1.66. The summed E-state index contributed by atoms with van der Waals surface area (Å²) in [6.45, 7) is 1.91. The van der Waals surface area contributed by atoms with Crippen LogP contribution < -0.4 is 4.74 Å². The lowest BCUT2D eigenvalue weighted by atomic mass is 10.1. The Bertz CT molecular complexity index is 796. The quantitative estimate of drug-likeness (QED) is 0.706. The summed E-state index contributed by atoms with van der Waals surface area (Å²) < 4.78 is 37.5. The zero-order valence-corrected chi connectivity index (χ0v) is 10.9. The number of benzene rings is 2. The molecule has 0 bridgehead atoms. The van der Waals surface area contributed by atoms with Gasteiger partial charge in [0.05, 0.1) is 12.7 Å². The summed E-state index contributed by atoms with van der Waals surface area (Å²) in [4.78, 5) is 4.08. The van der Waals surface area contributed by atoms with Crippen molar-refractivity contribution < 1.29 is 17.9 Å². The van der Waals surface area contributed by atoms with Crippen molar-refractivity contribution in [1.82, 2.24) is 4.98 Å². The van der Waals surface area contributed by atoms with Gasteiger partial charge >= 0.3 is 0 Å². The highest BCUT2D eigenvalue weighted by Crippen LogP contribution is 2.33. The third kappa shape index (κ3) is 2.01. The monoisotopic (exact) mass is 275 g/mol. The van der Waals surface area contributed by atoms with Gasteiger partial charge in [-0.1, -0.05) is 11.6 Å². The van der Waals surface area contributed by atoms with Crippen LogP contribution in [0, 0.1) is 18.6 Å². The number of hydrogen-bond donors (Lipinski definition) is 0. The number of hydrogen-bond acceptors (Lipinski definition) is 3. The lowest BCUT2D eigenvalue weighted by molar-refractivity contribution is 0.414. The van der Waals surface area contributed by atoms with E-state index in [-0.39, 0.29) is 17.0 Å². The van der Waals surface area contributed by atoms with Gasteiger partial charge in [-0.05, 0) is 19.1 Å². The molecule has 1 aromatic heterocycles. The second-order valence-corrected chi connectivity index (χ2v) is 4.46. The SMILES string of the molecule is COc1ccc(C)cc1-c1nc2c(F)cc(F)cc2o1. The largest absolute Gasteiger partial charge is 0.496 e. The highest BCUT2D eigenvalue weighted by atomic mass is 19.1. The summed E-state index contributed by atoms with van der Waals surface area (Å²) in [7, 11) is 1.52. The van der Waals surface area contributed by atoms with Gasteiger partial charge in [0, 0.05) is 12.1 Å². The first-order chi connectivity index (χ1) is 9.58. The van der Waals surface area contributed by atoms with Gasteiger partial charge in [0.2, 0.25) is 5.89 Å². The van der Waals surface area contributed by atoms with Gasteiger partial charge in [0.25, 0.3) is 0 Å². The van der Waals surface area contributed by atoms with Crippen LogP contribution in [0.1, 0.15) is 5.56 Å². The number of methoxy groups -OCH3 is 1. The van der Waals surface area contributed by atoms with E-state index in [9.17, 15) is 8.78 Å². The predicted molar refractivity (Wildman–Crippen MR) is 70.7 cm³/mol. The first-order valence-corrected chi connectivity index (χ1v) is 5.99. The Balaban J connectivity index is 2.25. The number of oxazole rings is 1. The maximum Gasteiger partial charge on any atom is 0.231 e. The van der Waals surface area contributed by atoms with Gasteiger partial charge in [-0.25, -0.2) is 13.8 Å². The number of aromatic nitrogens is 1. The minimum Gasteiger partial charge on any atom is -0.496 e. The molecule has 0 N–H and O–H groups in total. The molecular weight excluding hydrogens is 264 g/mol. The fourth-order valence-corrected chi connectivity index (χ4v) is 2.06. The van der Waals surface area contributed by atoms with Gasteiger partial charge in [0.1, 0.15) is 17.1 Å². The lowest BCUT2D eigenvalue weighted by Gasteiger charge is -2.05. The van der Waals surface area contributed by atoms with E-state index in [4.69, 9.17) is 9.15 Å². The molecule has 2 aromatic carbocycles. The highest BCUT2D eigenvalue weighted by molar-refractivity contribution is 5.78. The number of aryl methyl sites for hydroxylation is 1. The molecule has 0 amide bonds. The standard InChI is InChI=1S/C15H11F2NO2/c1-8-3-4-12(19-2)10(5-8)15-18-14-11(17)6-9(16)7-13(14)20-15/h3-7H,1-2H3. The summed E-state index contributed by atoms with van der Waals surface area (Å²) in [6, 6.07) is 7.36. The topological polar surface area (TPSA) is 35.3 Å². The predicted octanol–water partition coefficient (Wildman–Crippen LogP) is 4.09. The average molecular weight is 275 g/mol.